The summed E-state index contributed by atoms with van der Waals surface area (Å²) in [5.74, 6) is 1.77. The van der Waals surface area contributed by atoms with E-state index in [-0.39, 0.29) is 0 Å². The highest BCUT2D eigenvalue weighted by Gasteiger charge is 2.12. The Kier molecular flexibility index (Phi) is 6.94. The molecular weight excluding hydrogens is 328 g/mol. The third-order valence-corrected chi connectivity index (χ3v) is 3.57. The number of carbonyl (C=O) groups excluding carboxylic acids is 1. The van der Waals surface area contributed by atoms with Crippen LogP contribution in [0.3, 0.4) is 0 Å². The number of carbonyl (C=O) groups is 1. The molecule has 128 valence electrons. The Morgan fingerprint density at radius 3 is 2.42 bits per heavy atom. The minimum atomic E-state index is 0.363. The number of hydrogen-bond donors (Lipinski definition) is 0. The normalized spacial score (nSPS) is 10.3. The van der Waals surface area contributed by atoms with Crippen molar-refractivity contribution in [3.8, 4) is 17.2 Å². The second-order valence-corrected chi connectivity index (χ2v) is 5.65. The predicted molar refractivity (Wildman–Crippen MR) is 94.8 cm³/mol. The van der Waals surface area contributed by atoms with Gasteiger partial charge in [-0.25, -0.2) is 0 Å². The molecule has 0 radical (unpaired) electrons. The van der Waals surface area contributed by atoms with Gasteiger partial charge in [-0.2, -0.15) is 0 Å². The van der Waals surface area contributed by atoms with E-state index in [0.29, 0.717) is 48.3 Å². The van der Waals surface area contributed by atoms with Crippen molar-refractivity contribution in [2.24, 2.45) is 0 Å². The van der Waals surface area contributed by atoms with Crippen molar-refractivity contribution in [2.75, 3.05) is 19.8 Å². The summed E-state index contributed by atoms with van der Waals surface area (Å²) in [5, 5.41) is 0.363. The number of aldehydes is 1. The fourth-order valence-electron chi connectivity index (χ4n) is 2.12. The molecule has 2 rings (SSSR count). The van der Waals surface area contributed by atoms with E-state index in [1.54, 1.807) is 12.1 Å². The van der Waals surface area contributed by atoms with Crippen molar-refractivity contribution < 1.29 is 19.0 Å². The number of aryl methyl sites for hydroxylation is 1. The van der Waals surface area contributed by atoms with Gasteiger partial charge in [0, 0.05) is 12.0 Å². The average molecular weight is 349 g/mol. The average Bonchev–Trinajstić information content (AvgIpc) is 2.58. The van der Waals surface area contributed by atoms with Crippen LogP contribution in [0.1, 0.15) is 29.3 Å². The van der Waals surface area contributed by atoms with Gasteiger partial charge < -0.3 is 14.2 Å². The van der Waals surface area contributed by atoms with Gasteiger partial charge in [-0.05, 0) is 38.1 Å². The molecule has 0 spiro atoms. The van der Waals surface area contributed by atoms with Crippen LogP contribution in [0.15, 0.2) is 36.4 Å². The van der Waals surface area contributed by atoms with Gasteiger partial charge in [-0.3, -0.25) is 4.79 Å². The summed E-state index contributed by atoms with van der Waals surface area (Å²) in [5.41, 5.74) is 1.65. The molecule has 4 nitrogen and oxygen atoms in total. The van der Waals surface area contributed by atoms with Crippen LogP contribution >= 0.6 is 11.6 Å². The minimum Gasteiger partial charge on any atom is -0.493 e. The number of ether oxygens (including phenoxy) is 3. The Bertz CT molecular complexity index is 668. The minimum absolute atomic E-state index is 0.363. The topological polar surface area (TPSA) is 44.8 Å². The van der Waals surface area contributed by atoms with Crippen LogP contribution in [0.5, 0.6) is 17.2 Å². The van der Waals surface area contributed by atoms with Crippen LogP contribution in [0.25, 0.3) is 0 Å². The van der Waals surface area contributed by atoms with Gasteiger partial charge in [0.05, 0.1) is 24.8 Å². The summed E-state index contributed by atoms with van der Waals surface area (Å²) in [6.07, 6.45) is 1.43. The summed E-state index contributed by atoms with van der Waals surface area (Å²) >= 11 is 6.18. The summed E-state index contributed by atoms with van der Waals surface area (Å²) < 4.78 is 16.9. The fourth-order valence-corrected chi connectivity index (χ4v) is 2.39. The lowest BCUT2D eigenvalue weighted by atomic mass is 10.2. The van der Waals surface area contributed by atoms with E-state index in [2.05, 4.69) is 0 Å². The van der Waals surface area contributed by atoms with Gasteiger partial charge in [-0.1, -0.05) is 29.3 Å². The Hall–Kier alpha value is -2.20. The van der Waals surface area contributed by atoms with E-state index in [4.69, 9.17) is 25.8 Å². The Labute approximate surface area is 147 Å². The number of rotatable bonds is 9. The molecule has 0 amide bonds. The van der Waals surface area contributed by atoms with Crippen LogP contribution in [0.4, 0.5) is 0 Å². The highest BCUT2D eigenvalue weighted by molar-refractivity contribution is 6.32. The first-order valence-corrected chi connectivity index (χ1v) is 8.25. The predicted octanol–water partition coefficient (Wildman–Crippen LogP) is 4.71. The molecule has 24 heavy (non-hydrogen) atoms. The van der Waals surface area contributed by atoms with Gasteiger partial charge in [-0.15, -0.1) is 0 Å². The van der Waals surface area contributed by atoms with E-state index in [0.717, 1.165) is 12.0 Å². The molecule has 0 aromatic heterocycles. The molecule has 0 aliphatic carbocycles. The molecule has 0 fully saturated rings. The van der Waals surface area contributed by atoms with Gasteiger partial charge in [0.2, 0.25) is 0 Å². The lowest BCUT2D eigenvalue weighted by Gasteiger charge is -2.14. The van der Waals surface area contributed by atoms with Crippen LogP contribution in [0, 0.1) is 6.92 Å². The van der Waals surface area contributed by atoms with Crippen molar-refractivity contribution in [1.29, 1.82) is 0 Å². The first kappa shape index (κ1) is 18.1. The molecule has 5 heteroatoms. The van der Waals surface area contributed by atoms with Crippen LogP contribution in [0.2, 0.25) is 5.02 Å². The van der Waals surface area contributed by atoms with E-state index in [9.17, 15) is 4.79 Å². The molecule has 0 unspecified atom stereocenters. The van der Waals surface area contributed by atoms with Gasteiger partial charge in [0.25, 0.3) is 0 Å². The molecule has 0 N–H and O–H groups in total. The maximum atomic E-state index is 10.9. The van der Waals surface area contributed by atoms with Crippen molar-refractivity contribution in [3.05, 3.63) is 52.5 Å². The second kappa shape index (κ2) is 9.18. The Balaban J connectivity index is 1.87. The third-order valence-electron chi connectivity index (χ3n) is 3.29. The van der Waals surface area contributed by atoms with Crippen molar-refractivity contribution >= 4 is 17.9 Å². The molecule has 2 aromatic carbocycles. The molecule has 0 aliphatic heterocycles. The van der Waals surface area contributed by atoms with Gasteiger partial charge in [0.1, 0.15) is 12.0 Å². The van der Waals surface area contributed by atoms with Crippen LogP contribution in [-0.4, -0.2) is 26.1 Å². The first-order chi connectivity index (χ1) is 11.6. The molecular formula is C19H21ClO4. The third kappa shape index (κ3) is 5.17. The lowest BCUT2D eigenvalue weighted by molar-refractivity contribution is 0.112. The summed E-state index contributed by atoms with van der Waals surface area (Å²) in [4.78, 5) is 10.9. The van der Waals surface area contributed by atoms with Crippen molar-refractivity contribution in [1.82, 2.24) is 0 Å². The van der Waals surface area contributed by atoms with Gasteiger partial charge >= 0.3 is 0 Å². The van der Waals surface area contributed by atoms with Crippen LogP contribution in [-0.2, 0) is 0 Å². The number of hydrogen-bond acceptors (Lipinski definition) is 4. The highest BCUT2D eigenvalue weighted by Crippen LogP contribution is 2.36. The zero-order valence-electron chi connectivity index (χ0n) is 13.9. The fraction of sp³-hybridized carbons (Fsp3) is 0.316. The maximum absolute atomic E-state index is 10.9. The maximum Gasteiger partial charge on any atom is 0.179 e. The molecule has 0 aliphatic rings. The number of halogens is 1. The Morgan fingerprint density at radius 1 is 1.04 bits per heavy atom. The molecule has 0 saturated heterocycles. The van der Waals surface area contributed by atoms with Crippen molar-refractivity contribution in [2.45, 2.75) is 20.3 Å². The van der Waals surface area contributed by atoms with E-state index >= 15 is 0 Å². The summed E-state index contributed by atoms with van der Waals surface area (Å²) in [6.45, 7) is 5.34. The zero-order valence-corrected chi connectivity index (χ0v) is 14.6. The monoisotopic (exact) mass is 348 g/mol. The van der Waals surface area contributed by atoms with E-state index in [1.165, 1.54) is 5.56 Å². The van der Waals surface area contributed by atoms with Crippen LogP contribution < -0.4 is 14.2 Å². The standard InChI is InChI=1S/C19H21ClO4/c1-3-22-18-12-15(13-21)11-17(20)19(18)24-10-4-9-23-16-7-5-14(2)6-8-16/h5-8,11-13H,3-4,9-10H2,1-2H3. The lowest BCUT2D eigenvalue weighted by Crippen LogP contribution is -2.07. The zero-order chi connectivity index (χ0) is 17.4. The molecule has 0 bridgehead atoms. The molecule has 0 saturated carbocycles. The first-order valence-electron chi connectivity index (χ1n) is 7.87. The van der Waals surface area contributed by atoms with Gasteiger partial charge in [0.15, 0.2) is 11.5 Å². The molecule has 0 heterocycles. The van der Waals surface area contributed by atoms with E-state index < -0.39 is 0 Å². The number of benzene rings is 2. The smallest absolute Gasteiger partial charge is 0.179 e. The summed E-state index contributed by atoms with van der Waals surface area (Å²) in [6, 6.07) is 11.1. The SMILES string of the molecule is CCOc1cc(C=O)cc(Cl)c1OCCCOc1ccc(C)cc1. The van der Waals surface area contributed by atoms with Crippen molar-refractivity contribution in [3.63, 3.8) is 0 Å². The summed E-state index contributed by atoms with van der Waals surface area (Å²) in [7, 11) is 0. The largest absolute Gasteiger partial charge is 0.493 e. The second-order valence-electron chi connectivity index (χ2n) is 5.24. The Morgan fingerprint density at radius 2 is 1.75 bits per heavy atom. The molecule has 2 aromatic rings. The molecule has 0 atom stereocenters. The highest BCUT2D eigenvalue weighted by atomic mass is 35.5. The quantitative estimate of drug-likeness (QED) is 0.486. The van der Waals surface area contributed by atoms with E-state index in [1.807, 2.05) is 38.1 Å².